The summed E-state index contributed by atoms with van der Waals surface area (Å²) in [5.74, 6) is 0.195. The van der Waals surface area contributed by atoms with Crippen LogP contribution in [0.4, 0.5) is 0 Å². The second kappa shape index (κ2) is 2.17. The van der Waals surface area contributed by atoms with Crippen molar-refractivity contribution in [3.63, 3.8) is 0 Å². The first-order valence-electron chi connectivity index (χ1n) is 3.74. The molecule has 1 aromatic carbocycles. The van der Waals surface area contributed by atoms with Crippen molar-refractivity contribution in [2.45, 2.75) is 12.5 Å². The molecule has 3 N–H and O–H groups in total. The van der Waals surface area contributed by atoms with Crippen LogP contribution in [0.3, 0.4) is 0 Å². The molecular weight excluding hydrogens is 138 g/mol. The molecule has 0 fully saturated rings. The van der Waals surface area contributed by atoms with Crippen LogP contribution in [0, 0.1) is 0 Å². The van der Waals surface area contributed by atoms with Gasteiger partial charge in [0.25, 0.3) is 0 Å². The summed E-state index contributed by atoms with van der Waals surface area (Å²) in [4.78, 5) is 11.3. The summed E-state index contributed by atoms with van der Waals surface area (Å²) in [6.45, 7) is 0. The van der Waals surface area contributed by atoms with E-state index >= 15 is 0 Å². The standard InChI is InChI=1S/C9H9NO/c10-8-5-6-3-1-2-4-7(6)9(8)11/h1-4,8H,5,10H2/p+1. The molecule has 0 heterocycles. The Morgan fingerprint density at radius 1 is 1.36 bits per heavy atom. The molecule has 1 aliphatic carbocycles. The van der Waals surface area contributed by atoms with Crippen LogP contribution >= 0.6 is 0 Å². The zero-order valence-corrected chi connectivity index (χ0v) is 6.21. The van der Waals surface area contributed by atoms with Gasteiger partial charge in [-0.2, -0.15) is 0 Å². The van der Waals surface area contributed by atoms with Gasteiger partial charge < -0.3 is 5.73 Å². The summed E-state index contributed by atoms with van der Waals surface area (Å²) in [7, 11) is 0. The third-order valence-corrected chi connectivity index (χ3v) is 2.12. The van der Waals surface area contributed by atoms with Gasteiger partial charge in [-0.3, -0.25) is 4.79 Å². The van der Waals surface area contributed by atoms with E-state index in [4.69, 9.17) is 0 Å². The molecule has 2 rings (SSSR count). The lowest BCUT2D eigenvalue weighted by atomic mass is 10.1. The smallest absolute Gasteiger partial charge is 0.220 e. The Labute approximate surface area is 65.0 Å². The number of quaternary nitrogens is 1. The Hall–Kier alpha value is -1.15. The number of fused-ring (bicyclic) bond motifs is 1. The number of Topliss-reactive ketones (excluding diaryl/α,β-unsaturated/α-hetero) is 1. The van der Waals surface area contributed by atoms with E-state index in [0.29, 0.717) is 0 Å². The summed E-state index contributed by atoms with van der Waals surface area (Å²) >= 11 is 0. The van der Waals surface area contributed by atoms with Crippen molar-refractivity contribution in [3.8, 4) is 0 Å². The maximum atomic E-state index is 11.3. The highest BCUT2D eigenvalue weighted by Crippen LogP contribution is 2.19. The first kappa shape index (κ1) is 6.55. The molecule has 2 heteroatoms. The Bertz CT molecular complexity index is 306. The highest BCUT2D eigenvalue weighted by molar-refractivity contribution is 6.03. The number of rotatable bonds is 0. The summed E-state index contributed by atoms with van der Waals surface area (Å²) in [6.07, 6.45) is 0.814. The van der Waals surface area contributed by atoms with Crippen molar-refractivity contribution in [2.75, 3.05) is 0 Å². The number of hydrogen-bond acceptors (Lipinski definition) is 1. The minimum Gasteiger partial charge on any atom is -0.348 e. The average Bonchev–Trinajstić information content (AvgIpc) is 2.30. The second-order valence-electron chi connectivity index (χ2n) is 2.92. The molecule has 11 heavy (non-hydrogen) atoms. The number of carbonyl (C=O) groups excluding carboxylic acids is 1. The zero-order chi connectivity index (χ0) is 7.84. The maximum absolute atomic E-state index is 11.3. The SMILES string of the molecule is [NH3+]C1Cc2ccccc2C1=O. The summed E-state index contributed by atoms with van der Waals surface area (Å²) in [5.41, 5.74) is 5.80. The van der Waals surface area contributed by atoms with Gasteiger partial charge in [0, 0.05) is 12.0 Å². The van der Waals surface area contributed by atoms with Crippen LogP contribution in [0.5, 0.6) is 0 Å². The third kappa shape index (κ3) is 0.870. The van der Waals surface area contributed by atoms with Gasteiger partial charge in [-0.1, -0.05) is 24.3 Å². The minimum atomic E-state index is -0.0487. The van der Waals surface area contributed by atoms with Crippen molar-refractivity contribution in [2.24, 2.45) is 0 Å². The highest BCUT2D eigenvalue weighted by atomic mass is 16.1. The van der Waals surface area contributed by atoms with E-state index in [2.05, 4.69) is 5.73 Å². The second-order valence-corrected chi connectivity index (χ2v) is 2.92. The van der Waals surface area contributed by atoms with Gasteiger partial charge in [-0.05, 0) is 5.56 Å². The minimum absolute atomic E-state index is 0.0487. The fourth-order valence-electron chi connectivity index (χ4n) is 1.52. The largest absolute Gasteiger partial charge is 0.348 e. The van der Waals surface area contributed by atoms with Crippen LogP contribution in [0.2, 0.25) is 0 Å². The Kier molecular flexibility index (Phi) is 1.29. The van der Waals surface area contributed by atoms with E-state index < -0.39 is 0 Å². The van der Waals surface area contributed by atoms with Gasteiger partial charge in [0.05, 0.1) is 0 Å². The zero-order valence-electron chi connectivity index (χ0n) is 6.21. The first-order chi connectivity index (χ1) is 5.29. The lowest BCUT2D eigenvalue weighted by Crippen LogP contribution is -2.64. The summed E-state index contributed by atoms with van der Waals surface area (Å²) < 4.78 is 0. The van der Waals surface area contributed by atoms with Crippen LogP contribution in [0.15, 0.2) is 24.3 Å². The van der Waals surface area contributed by atoms with Gasteiger partial charge in [0.2, 0.25) is 5.78 Å². The van der Waals surface area contributed by atoms with Gasteiger partial charge in [-0.25, -0.2) is 0 Å². The fraction of sp³-hybridized carbons (Fsp3) is 0.222. The third-order valence-electron chi connectivity index (χ3n) is 2.12. The molecule has 1 unspecified atom stereocenters. The van der Waals surface area contributed by atoms with Crippen molar-refractivity contribution < 1.29 is 10.5 Å². The number of benzene rings is 1. The molecular formula is C9H10NO+. The lowest BCUT2D eigenvalue weighted by molar-refractivity contribution is -0.396. The molecule has 0 bridgehead atoms. The van der Waals surface area contributed by atoms with Gasteiger partial charge >= 0.3 is 0 Å². The van der Waals surface area contributed by atoms with Crippen LogP contribution in [-0.4, -0.2) is 11.8 Å². The highest BCUT2D eigenvalue weighted by Gasteiger charge is 2.29. The molecule has 0 spiro atoms. The molecule has 1 aliphatic rings. The van der Waals surface area contributed by atoms with Crippen LogP contribution < -0.4 is 5.73 Å². The Morgan fingerprint density at radius 2 is 2.09 bits per heavy atom. The molecule has 1 atom stereocenters. The van der Waals surface area contributed by atoms with Gasteiger partial charge in [-0.15, -0.1) is 0 Å². The van der Waals surface area contributed by atoms with E-state index in [9.17, 15) is 4.79 Å². The summed E-state index contributed by atoms with van der Waals surface area (Å²) in [5, 5.41) is 0. The van der Waals surface area contributed by atoms with E-state index in [1.807, 2.05) is 24.3 Å². The summed E-state index contributed by atoms with van der Waals surface area (Å²) in [6, 6.07) is 7.69. The Morgan fingerprint density at radius 3 is 2.82 bits per heavy atom. The monoisotopic (exact) mass is 148 g/mol. The Balaban J connectivity index is 2.55. The van der Waals surface area contributed by atoms with Gasteiger partial charge in [0.1, 0.15) is 0 Å². The number of ketones is 1. The van der Waals surface area contributed by atoms with Crippen molar-refractivity contribution >= 4 is 5.78 Å². The van der Waals surface area contributed by atoms with Crippen molar-refractivity contribution in [3.05, 3.63) is 35.4 Å². The van der Waals surface area contributed by atoms with Crippen molar-refractivity contribution in [1.82, 2.24) is 0 Å². The lowest BCUT2D eigenvalue weighted by Gasteiger charge is -1.91. The molecule has 0 saturated heterocycles. The molecule has 0 amide bonds. The van der Waals surface area contributed by atoms with Crippen LogP contribution in [0.25, 0.3) is 0 Å². The van der Waals surface area contributed by atoms with E-state index in [1.165, 1.54) is 0 Å². The molecule has 56 valence electrons. The number of hydrogen-bond donors (Lipinski definition) is 1. The normalized spacial score (nSPS) is 21.9. The molecule has 0 aromatic heterocycles. The predicted molar refractivity (Wildman–Crippen MR) is 41.2 cm³/mol. The fourth-order valence-corrected chi connectivity index (χ4v) is 1.52. The molecule has 2 nitrogen and oxygen atoms in total. The quantitative estimate of drug-likeness (QED) is 0.554. The van der Waals surface area contributed by atoms with Crippen LogP contribution in [0.1, 0.15) is 15.9 Å². The topological polar surface area (TPSA) is 44.7 Å². The average molecular weight is 148 g/mol. The maximum Gasteiger partial charge on any atom is 0.220 e. The number of carbonyl (C=O) groups is 1. The van der Waals surface area contributed by atoms with Crippen LogP contribution in [-0.2, 0) is 6.42 Å². The van der Waals surface area contributed by atoms with Crippen molar-refractivity contribution in [1.29, 1.82) is 0 Å². The molecule has 0 aliphatic heterocycles. The van der Waals surface area contributed by atoms with E-state index in [1.54, 1.807) is 0 Å². The molecule has 1 aromatic rings. The van der Waals surface area contributed by atoms with Gasteiger partial charge in [0.15, 0.2) is 6.04 Å². The van der Waals surface area contributed by atoms with E-state index in [-0.39, 0.29) is 11.8 Å². The first-order valence-corrected chi connectivity index (χ1v) is 3.74. The molecule has 0 saturated carbocycles. The molecule has 0 radical (unpaired) electrons. The van der Waals surface area contributed by atoms with E-state index in [0.717, 1.165) is 17.5 Å². The predicted octanol–water partition coefficient (Wildman–Crippen LogP) is 0.0359.